The quantitative estimate of drug-likeness (QED) is 0.809. The number of ether oxygens (including phenoxy) is 1. The van der Waals surface area contributed by atoms with E-state index in [0.29, 0.717) is 17.4 Å². The summed E-state index contributed by atoms with van der Waals surface area (Å²) in [5.41, 5.74) is 1.56. The van der Waals surface area contributed by atoms with Crippen LogP contribution in [0, 0.1) is 5.92 Å². The van der Waals surface area contributed by atoms with Crippen LogP contribution in [0.3, 0.4) is 0 Å². The maximum atomic E-state index is 12.6. The average Bonchev–Trinajstić information content (AvgIpc) is 3.45. The number of hydrogen-bond acceptors (Lipinski definition) is 5. The number of hydrogen-bond donors (Lipinski definition) is 2. The van der Waals surface area contributed by atoms with Crippen molar-refractivity contribution in [3.63, 3.8) is 0 Å². The highest BCUT2D eigenvalue weighted by molar-refractivity contribution is 5.94. The lowest BCUT2D eigenvalue weighted by molar-refractivity contribution is 0.0931. The molecule has 1 aromatic heterocycles. The highest BCUT2D eigenvalue weighted by Gasteiger charge is 2.33. The summed E-state index contributed by atoms with van der Waals surface area (Å²) in [5.74, 6) is 1.68. The second kappa shape index (κ2) is 7.51. The van der Waals surface area contributed by atoms with Crippen LogP contribution >= 0.6 is 0 Å². The molecule has 3 rings (SSSR count). The van der Waals surface area contributed by atoms with E-state index in [1.165, 1.54) is 0 Å². The summed E-state index contributed by atoms with van der Waals surface area (Å²) in [5, 5.41) is 6.24. The van der Waals surface area contributed by atoms with E-state index in [2.05, 4.69) is 20.6 Å². The molecular weight excluding hydrogens is 316 g/mol. The topological polar surface area (TPSA) is 76.1 Å². The predicted octanol–water partition coefficient (Wildman–Crippen LogP) is 3.19. The molecule has 2 N–H and O–H groups in total. The number of amides is 1. The van der Waals surface area contributed by atoms with Crippen LogP contribution in [-0.2, 0) is 0 Å². The lowest BCUT2D eigenvalue weighted by Crippen LogP contribution is -2.30. The molecule has 1 amide bonds. The molecule has 1 saturated carbocycles. The Hall–Kier alpha value is -2.63. The first-order chi connectivity index (χ1) is 12.1. The van der Waals surface area contributed by atoms with E-state index >= 15 is 0 Å². The fraction of sp³-hybridized carbons (Fsp3) is 0.421. The van der Waals surface area contributed by atoms with Crippen LogP contribution in [0.5, 0.6) is 5.75 Å². The van der Waals surface area contributed by atoms with Gasteiger partial charge in [0.05, 0.1) is 18.7 Å². The van der Waals surface area contributed by atoms with Gasteiger partial charge in [0.2, 0.25) is 5.95 Å². The Balaban J connectivity index is 1.70. The highest BCUT2D eigenvalue weighted by Crippen LogP contribution is 2.41. The fourth-order valence-corrected chi connectivity index (χ4v) is 2.72. The Morgan fingerprint density at radius 3 is 2.32 bits per heavy atom. The molecule has 0 spiro atoms. The van der Waals surface area contributed by atoms with Crippen LogP contribution < -0.4 is 15.4 Å². The first kappa shape index (κ1) is 17.2. The maximum absolute atomic E-state index is 12.6. The van der Waals surface area contributed by atoms with Crippen LogP contribution in [0.2, 0.25) is 0 Å². The molecule has 0 aliphatic heterocycles. The molecule has 1 aliphatic rings. The first-order valence-corrected chi connectivity index (χ1v) is 8.60. The van der Waals surface area contributed by atoms with E-state index in [9.17, 15) is 4.79 Å². The molecule has 0 bridgehead atoms. The van der Waals surface area contributed by atoms with Gasteiger partial charge in [0.1, 0.15) is 5.75 Å². The van der Waals surface area contributed by atoms with E-state index in [-0.39, 0.29) is 18.0 Å². The third-order valence-corrected chi connectivity index (χ3v) is 4.19. The van der Waals surface area contributed by atoms with Gasteiger partial charge >= 0.3 is 0 Å². The van der Waals surface area contributed by atoms with Crippen LogP contribution in [0.15, 0.2) is 36.7 Å². The molecule has 132 valence electrons. The van der Waals surface area contributed by atoms with Crippen LogP contribution in [0.25, 0.3) is 0 Å². The molecule has 6 nitrogen and oxygen atoms in total. The smallest absolute Gasteiger partial charge is 0.254 e. The van der Waals surface area contributed by atoms with E-state index in [0.717, 1.165) is 24.2 Å². The molecule has 6 heteroatoms. The van der Waals surface area contributed by atoms with Crippen LogP contribution in [0.1, 0.15) is 48.7 Å². The molecule has 25 heavy (non-hydrogen) atoms. The monoisotopic (exact) mass is 340 g/mol. The van der Waals surface area contributed by atoms with E-state index in [1.807, 2.05) is 38.1 Å². The summed E-state index contributed by atoms with van der Waals surface area (Å²) in [6.07, 6.45) is 5.38. The zero-order valence-electron chi connectivity index (χ0n) is 14.8. The van der Waals surface area contributed by atoms with Crippen LogP contribution in [0.4, 0.5) is 5.95 Å². The summed E-state index contributed by atoms with van der Waals surface area (Å²) in [6.45, 7) is 4.03. The Morgan fingerprint density at radius 1 is 1.16 bits per heavy atom. The van der Waals surface area contributed by atoms with Gasteiger partial charge < -0.3 is 15.4 Å². The Labute approximate surface area is 148 Å². The van der Waals surface area contributed by atoms with Crippen molar-refractivity contribution in [3.05, 3.63) is 47.8 Å². The van der Waals surface area contributed by atoms with Gasteiger partial charge in [-0.05, 0) is 50.3 Å². The second-order valence-electron chi connectivity index (χ2n) is 6.66. The molecular formula is C19H24N4O2. The molecule has 1 aliphatic carbocycles. The van der Waals surface area contributed by atoms with Gasteiger partial charge in [-0.25, -0.2) is 9.97 Å². The van der Waals surface area contributed by atoms with Crippen molar-refractivity contribution < 1.29 is 9.53 Å². The molecule has 1 aromatic carbocycles. The van der Waals surface area contributed by atoms with E-state index < -0.39 is 0 Å². The standard InChI is InChI=1S/C19H24N4O2/c1-12(2)22-19-20-10-15(11-21-19)18(24)23-17(13-4-5-13)14-6-8-16(25-3)9-7-14/h6-13,17H,4-5H2,1-3H3,(H,23,24)(H,20,21,22). The number of benzene rings is 1. The molecule has 1 fully saturated rings. The lowest BCUT2D eigenvalue weighted by atomic mass is 10.0. The average molecular weight is 340 g/mol. The van der Waals surface area contributed by atoms with Gasteiger partial charge in [-0.3, -0.25) is 4.79 Å². The number of aromatic nitrogens is 2. The van der Waals surface area contributed by atoms with Gasteiger partial charge in [0.25, 0.3) is 5.91 Å². The number of nitrogens with one attached hydrogen (secondary N) is 2. The number of rotatable bonds is 7. The SMILES string of the molecule is COc1ccc(C(NC(=O)c2cnc(NC(C)C)nc2)C2CC2)cc1. The molecule has 1 unspecified atom stereocenters. The van der Waals surface area contributed by atoms with E-state index in [1.54, 1.807) is 19.5 Å². The van der Waals surface area contributed by atoms with Crippen molar-refractivity contribution in [2.45, 2.75) is 38.8 Å². The summed E-state index contributed by atoms with van der Waals surface area (Å²) < 4.78 is 5.20. The number of carbonyl (C=O) groups is 1. The number of carbonyl (C=O) groups excluding carboxylic acids is 1. The Bertz CT molecular complexity index is 709. The lowest BCUT2D eigenvalue weighted by Gasteiger charge is -2.19. The first-order valence-electron chi connectivity index (χ1n) is 8.60. The van der Waals surface area contributed by atoms with E-state index in [4.69, 9.17) is 4.74 Å². The van der Waals surface area contributed by atoms with Gasteiger partial charge in [-0.2, -0.15) is 0 Å². The summed E-state index contributed by atoms with van der Waals surface area (Å²) in [7, 11) is 1.65. The summed E-state index contributed by atoms with van der Waals surface area (Å²) >= 11 is 0. The normalized spacial score (nSPS) is 14.9. The predicted molar refractivity (Wildman–Crippen MR) is 96.7 cm³/mol. The Morgan fingerprint density at radius 2 is 1.80 bits per heavy atom. The van der Waals surface area contributed by atoms with Crippen molar-refractivity contribution in [3.8, 4) is 5.75 Å². The third kappa shape index (κ3) is 4.47. The Kier molecular flexibility index (Phi) is 5.16. The number of methoxy groups -OCH3 is 1. The minimum Gasteiger partial charge on any atom is -0.497 e. The van der Waals surface area contributed by atoms with Crippen molar-refractivity contribution in [1.82, 2.24) is 15.3 Å². The molecule has 1 atom stereocenters. The highest BCUT2D eigenvalue weighted by atomic mass is 16.5. The van der Waals surface area contributed by atoms with Gasteiger partial charge in [-0.15, -0.1) is 0 Å². The molecule has 0 saturated heterocycles. The molecule has 2 aromatic rings. The van der Waals surface area contributed by atoms with Crippen molar-refractivity contribution in [2.75, 3.05) is 12.4 Å². The van der Waals surface area contributed by atoms with Gasteiger partial charge in [-0.1, -0.05) is 12.1 Å². The minimum absolute atomic E-state index is 0.00636. The number of anilines is 1. The largest absolute Gasteiger partial charge is 0.497 e. The minimum atomic E-state index is -0.149. The van der Waals surface area contributed by atoms with Crippen LogP contribution in [-0.4, -0.2) is 29.0 Å². The second-order valence-corrected chi connectivity index (χ2v) is 6.66. The van der Waals surface area contributed by atoms with Gasteiger partial charge in [0, 0.05) is 18.4 Å². The summed E-state index contributed by atoms with van der Waals surface area (Å²) in [6, 6.07) is 8.11. The van der Waals surface area contributed by atoms with Crippen molar-refractivity contribution in [1.29, 1.82) is 0 Å². The van der Waals surface area contributed by atoms with Gasteiger partial charge in [0.15, 0.2) is 0 Å². The fourth-order valence-electron chi connectivity index (χ4n) is 2.72. The number of nitrogens with zero attached hydrogens (tertiary/aromatic N) is 2. The zero-order chi connectivity index (χ0) is 17.8. The molecule has 1 heterocycles. The molecule has 0 radical (unpaired) electrons. The van der Waals surface area contributed by atoms with Crippen molar-refractivity contribution >= 4 is 11.9 Å². The maximum Gasteiger partial charge on any atom is 0.254 e. The zero-order valence-corrected chi connectivity index (χ0v) is 14.8. The third-order valence-electron chi connectivity index (χ3n) is 4.19. The summed E-state index contributed by atoms with van der Waals surface area (Å²) in [4.78, 5) is 21.0. The van der Waals surface area contributed by atoms with Crippen molar-refractivity contribution in [2.24, 2.45) is 5.92 Å².